The van der Waals surface area contributed by atoms with E-state index in [1.807, 2.05) is 25.2 Å². The number of likely N-dealkylation sites (N-methyl/N-ethyl adjacent to an activating group) is 1. The number of rotatable bonds is 7. The molecule has 1 rings (SSSR count). The minimum Gasteiger partial charge on any atom is -0.493 e. The van der Waals surface area contributed by atoms with Crippen LogP contribution in [0.1, 0.15) is 12.0 Å². The number of carbonyl (C=O) groups excluding carboxylic acids is 1. The van der Waals surface area contributed by atoms with Crippen LogP contribution in [0, 0.1) is 0 Å². The largest absolute Gasteiger partial charge is 0.493 e. The zero-order chi connectivity index (χ0) is 14.3. The highest BCUT2D eigenvalue weighted by atomic mass is 79.9. The molecule has 0 bridgehead atoms. The molecule has 1 aromatic rings. The van der Waals surface area contributed by atoms with Gasteiger partial charge in [0.2, 0.25) is 5.91 Å². The molecule has 0 atom stereocenters. The summed E-state index contributed by atoms with van der Waals surface area (Å²) in [6, 6.07) is 5.55. The summed E-state index contributed by atoms with van der Waals surface area (Å²) in [5, 5.41) is 0.904. The molecule has 0 heterocycles. The van der Waals surface area contributed by atoms with Gasteiger partial charge in [-0.1, -0.05) is 22.0 Å². The number of ether oxygens (including phenoxy) is 2. The third-order valence-electron chi connectivity index (χ3n) is 2.86. The number of hydrogen-bond acceptors (Lipinski definition) is 3. The molecule has 4 nitrogen and oxygen atoms in total. The molecule has 0 fully saturated rings. The van der Waals surface area contributed by atoms with E-state index in [-0.39, 0.29) is 5.91 Å². The standard InChI is InChI=1S/C14H20BrNO3/c1-16(8-4-7-15)14(17)10-11-5-6-12(18-2)13(9-11)19-3/h5-6,9H,4,7-8,10H2,1-3H3. The zero-order valence-corrected chi connectivity index (χ0v) is 13.2. The number of carbonyl (C=O) groups is 1. The van der Waals surface area contributed by atoms with E-state index < -0.39 is 0 Å². The van der Waals surface area contributed by atoms with Crippen molar-refractivity contribution in [1.82, 2.24) is 4.90 Å². The molecular formula is C14H20BrNO3. The molecule has 19 heavy (non-hydrogen) atoms. The number of benzene rings is 1. The van der Waals surface area contributed by atoms with E-state index in [9.17, 15) is 4.79 Å². The van der Waals surface area contributed by atoms with Crippen molar-refractivity contribution in [3.63, 3.8) is 0 Å². The van der Waals surface area contributed by atoms with Gasteiger partial charge in [0.05, 0.1) is 20.6 Å². The molecule has 0 unspecified atom stereocenters. The van der Waals surface area contributed by atoms with E-state index in [4.69, 9.17) is 9.47 Å². The fourth-order valence-corrected chi connectivity index (χ4v) is 1.97. The van der Waals surface area contributed by atoms with E-state index in [1.165, 1.54) is 0 Å². The summed E-state index contributed by atoms with van der Waals surface area (Å²) >= 11 is 3.36. The first-order valence-electron chi connectivity index (χ1n) is 6.13. The Morgan fingerprint density at radius 2 is 1.95 bits per heavy atom. The smallest absolute Gasteiger partial charge is 0.226 e. The van der Waals surface area contributed by atoms with Gasteiger partial charge in [-0.2, -0.15) is 0 Å². The summed E-state index contributed by atoms with van der Waals surface area (Å²) < 4.78 is 10.4. The van der Waals surface area contributed by atoms with Crippen LogP contribution in [0.4, 0.5) is 0 Å². The predicted molar refractivity (Wildman–Crippen MR) is 79.3 cm³/mol. The van der Waals surface area contributed by atoms with Gasteiger partial charge < -0.3 is 14.4 Å². The Morgan fingerprint density at radius 3 is 2.53 bits per heavy atom. The van der Waals surface area contributed by atoms with Crippen LogP contribution >= 0.6 is 15.9 Å². The van der Waals surface area contributed by atoms with Gasteiger partial charge in [0, 0.05) is 18.9 Å². The van der Waals surface area contributed by atoms with Crippen molar-refractivity contribution in [2.24, 2.45) is 0 Å². The van der Waals surface area contributed by atoms with E-state index in [1.54, 1.807) is 19.1 Å². The van der Waals surface area contributed by atoms with E-state index in [0.717, 1.165) is 23.9 Å². The van der Waals surface area contributed by atoms with E-state index in [2.05, 4.69) is 15.9 Å². The summed E-state index contributed by atoms with van der Waals surface area (Å²) in [4.78, 5) is 13.8. The van der Waals surface area contributed by atoms with Crippen LogP contribution in [-0.4, -0.2) is 43.9 Å². The lowest BCUT2D eigenvalue weighted by Crippen LogP contribution is -2.29. The molecule has 0 radical (unpaired) electrons. The second-order valence-corrected chi connectivity index (χ2v) is 5.02. The number of methoxy groups -OCH3 is 2. The second kappa shape index (κ2) is 8.04. The quantitative estimate of drug-likeness (QED) is 0.721. The maximum atomic E-state index is 12.0. The summed E-state index contributed by atoms with van der Waals surface area (Å²) in [6.07, 6.45) is 1.33. The van der Waals surface area contributed by atoms with Crippen LogP contribution in [-0.2, 0) is 11.2 Å². The van der Waals surface area contributed by atoms with Crippen LogP contribution < -0.4 is 9.47 Å². The van der Waals surface area contributed by atoms with Crippen molar-refractivity contribution in [3.05, 3.63) is 23.8 Å². The molecule has 0 aromatic heterocycles. The van der Waals surface area contributed by atoms with Gasteiger partial charge >= 0.3 is 0 Å². The van der Waals surface area contributed by atoms with Crippen molar-refractivity contribution in [1.29, 1.82) is 0 Å². The van der Waals surface area contributed by atoms with Gasteiger partial charge in [0.1, 0.15) is 0 Å². The third-order valence-corrected chi connectivity index (χ3v) is 3.42. The Hall–Kier alpha value is -1.23. The minimum atomic E-state index is 0.105. The van der Waals surface area contributed by atoms with Gasteiger partial charge in [0.15, 0.2) is 11.5 Å². The summed E-state index contributed by atoms with van der Waals surface area (Å²) in [5.41, 5.74) is 0.924. The zero-order valence-electron chi connectivity index (χ0n) is 11.6. The molecule has 0 saturated heterocycles. The highest BCUT2D eigenvalue weighted by Crippen LogP contribution is 2.27. The van der Waals surface area contributed by atoms with Crippen LogP contribution in [0.5, 0.6) is 11.5 Å². The Bertz CT molecular complexity index is 423. The number of nitrogens with zero attached hydrogens (tertiary/aromatic N) is 1. The number of amides is 1. The fourth-order valence-electron chi connectivity index (χ4n) is 1.72. The monoisotopic (exact) mass is 329 g/mol. The lowest BCUT2D eigenvalue weighted by Gasteiger charge is -2.17. The lowest BCUT2D eigenvalue weighted by atomic mass is 10.1. The van der Waals surface area contributed by atoms with Gasteiger partial charge in [-0.3, -0.25) is 4.79 Å². The maximum absolute atomic E-state index is 12.0. The highest BCUT2D eigenvalue weighted by Gasteiger charge is 2.11. The molecule has 5 heteroatoms. The Morgan fingerprint density at radius 1 is 1.26 bits per heavy atom. The van der Waals surface area contributed by atoms with Crippen molar-refractivity contribution in [3.8, 4) is 11.5 Å². The van der Waals surface area contributed by atoms with Crippen LogP contribution in [0.3, 0.4) is 0 Å². The molecule has 0 aliphatic heterocycles. The van der Waals surface area contributed by atoms with Gasteiger partial charge in [-0.25, -0.2) is 0 Å². The number of halogens is 1. The molecule has 0 N–H and O–H groups in total. The number of hydrogen-bond donors (Lipinski definition) is 0. The van der Waals surface area contributed by atoms with Crippen molar-refractivity contribution >= 4 is 21.8 Å². The first kappa shape index (κ1) is 15.8. The van der Waals surface area contributed by atoms with Crippen molar-refractivity contribution in [2.75, 3.05) is 33.1 Å². The van der Waals surface area contributed by atoms with E-state index in [0.29, 0.717) is 17.9 Å². The molecule has 0 aliphatic rings. The van der Waals surface area contributed by atoms with E-state index >= 15 is 0 Å². The molecule has 1 amide bonds. The molecule has 1 aromatic carbocycles. The third kappa shape index (κ3) is 4.74. The van der Waals surface area contributed by atoms with Crippen LogP contribution in [0.25, 0.3) is 0 Å². The number of alkyl halides is 1. The first-order chi connectivity index (χ1) is 9.12. The van der Waals surface area contributed by atoms with Gasteiger partial charge in [0.25, 0.3) is 0 Å². The molecule has 0 saturated carbocycles. The molecule has 0 spiro atoms. The summed E-state index contributed by atoms with van der Waals surface area (Å²) in [7, 11) is 5.01. The van der Waals surface area contributed by atoms with Crippen molar-refractivity contribution < 1.29 is 14.3 Å². The SMILES string of the molecule is COc1ccc(CC(=O)N(C)CCCBr)cc1OC. The minimum absolute atomic E-state index is 0.105. The Labute approximate surface area is 122 Å². The normalized spacial score (nSPS) is 10.1. The summed E-state index contributed by atoms with van der Waals surface area (Å²) in [5.74, 6) is 1.43. The lowest BCUT2D eigenvalue weighted by molar-refractivity contribution is -0.129. The van der Waals surface area contributed by atoms with Crippen LogP contribution in [0.2, 0.25) is 0 Å². The average Bonchev–Trinajstić information content (AvgIpc) is 2.44. The van der Waals surface area contributed by atoms with Gasteiger partial charge in [-0.15, -0.1) is 0 Å². The summed E-state index contributed by atoms with van der Waals surface area (Å²) in [6.45, 7) is 0.761. The van der Waals surface area contributed by atoms with Gasteiger partial charge in [-0.05, 0) is 24.1 Å². The topological polar surface area (TPSA) is 38.8 Å². The van der Waals surface area contributed by atoms with Crippen molar-refractivity contribution in [2.45, 2.75) is 12.8 Å². The molecule has 0 aliphatic carbocycles. The fraction of sp³-hybridized carbons (Fsp3) is 0.500. The second-order valence-electron chi connectivity index (χ2n) is 4.22. The predicted octanol–water partition coefficient (Wildman–Crippen LogP) is 2.49. The Balaban J connectivity index is 2.69. The Kier molecular flexibility index (Phi) is 6.70. The first-order valence-corrected chi connectivity index (χ1v) is 7.25. The highest BCUT2D eigenvalue weighted by molar-refractivity contribution is 9.09. The van der Waals surface area contributed by atoms with Crippen LogP contribution in [0.15, 0.2) is 18.2 Å². The molecule has 106 valence electrons. The maximum Gasteiger partial charge on any atom is 0.226 e. The average molecular weight is 330 g/mol. The molecular weight excluding hydrogens is 310 g/mol.